The molecule has 0 aliphatic carbocycles. The van der Waals surface area contributed by atoms with Crippen LogP contribution in [0.15, 0.2) is 23.2 Å². The highest BCUT2D eigenvalue weighted by atomic mass is 32.2. The molecular formula is C11H15NO3S. The van der Waals surface area contributed by atoms with Crippen LogP contribution in [0.1, 0.15) is 13.8 Å². The molecule has 0 fully saturated rings. The Balaban J connectivity index is 2.81. The van der Waals surface area contributed by atoms with Crippen LogP contribution >= 0.6 is 11.8 Å². The summed E-state index contributed by atoms with van der Waals surface area (Å²) in [7, 11) is 1.54. The predicted octanol–water partition coefficient (Wildman–Crippen LogP) is 2.29. The molecule has 0 aromatic carbocycles. The minimum atomic E-state index is -0.815. The second-order valence-electron chi connectivity index (χ2n) is 3.64. The van der Waals surface area contributed by atoms with E-state index in [1.165, 1.54) is 18.9 Å². The Labute approximate surface area is 99.0 Å². The van der Waals surface area contributed by atoms with E-state index in [-0.39, 0.29) is 5.92 Å². The lowest BCUT2D eigenvalue weighted by Crippen LogP contribution is -2.22. The molecule has 0 radical (unpaired) electrons. The summed E-state index contributed by atoms with van der Waals surface area (Å²) in [5.74, 6) is -0.266. The molecule has 1 N–H and O–H groups in total. The van der Waals surface area contributed by atoms with E-state index in [2.05, 4.69) is 4.98 Å². The van der Waals surface area contributed by atoms with E-state index < -0.39 is 11.2 Å². The average Bonchev–Trinajstić information content (AvgIpc) is 2.25. The van der Waals surface area contributed by atoms with E-state index in [0.717, 1.165) is 0 Å². The average molecular weight is 241 g/mol. The minimum Gasteiger partial charge on any atom is -0.481 e. The van der Waals surface area contributed by atoms with Crippen molar-refractivity contribution in [2.45, 2.75) is 24.1 Å². The van der Waals surface area contributed by atoms with Gasteiger partial charge in [0, 0.05) is 6.07 Å². The largest absolute Gasteiger partial charge is 0.481 e. The number of carboxylic acids is 1. The van der Waals surface area contributed by atoms with E-state index in [0.29, 0.717) is 10.9 Å². The van der Waals surface area contributed by atoms with Crippen molar-refractivity contribution >= 4 is 17.7 Å². The molecule has 88 valence electrons. The van der Waals surface area contributed by atoms with Crippen LogP contribution in [0.2, 0.25) is 0 Å². The van der Waals surface area contributed by atoms with Gasteiger partial charge in [0.1, 0.15) is 10.3 Å². The lowest BCUT2D eigenvalue weighted by atomic mass is 10.1. The Morgan fingerprint density at radius 2 is 2.19 bits per heavy atom. The van der Waals surface area contributed by atoms with Gasteiger partial charge in [-0.1, -0.05) is 31.7 Å². The van der Waals surface area contributed by atoms with Crippen molar-refractivity contribution in [3.8, 4) is 5.88 Å². The molecule has 1 aromatic heterocycles. The van der Waals surface area contributed by atoms with Crippen molar-refractivity contribution in [3.63, 3.8) is 0 Å². The third-order valence-electron chi connectivity index (χ3n) is 2.00. The van der Waals surface area contributed by atoms with Gasteiger partial charge in [-0.15, -0.1) is 0 Å². The molecule has 0 amide bonds. The van der Waals surface area contributed by atoms with Gasteiger partial charge in [-0.25, -0.2) is 4.98 Å². The quantitative estimate of drug-likeness (QED) is 0.801. The minimum absolute atomic E-state index is 0.0514. The van der Waals surface area contributed by atoms with Gasteiger partial charge in [-0.3, -0.25) is 4.79 Å². The molecule has 0 saturated heterocycles. The van der Waals surface area contributed by atoms with E-state index in [1.54, 1.807) is 18.2 Å². The van der Waals surface area contributed by atoms with Crippen LogP contribution in [0.4, 0.5) is 0 Å². The predicted molar refractivity (Wildman–Crippen MR) is 62.9 cm³/mol. The summed E-state index contributed by atoms with van der Waals surface area (Å²) in [6, 6.07) is 5.31. The van der Waals surface area contributed by atoms with Crippen LogP contribution in [0.3, 0.4) is 0 Å². The first-order valence-corrected chi connectivity index (χ1v) is 5.83. The van der Waals surface area contributed by atoms with Gasteiger partial charge in [0.05, 0.1) is 7.11 Å². The maximum Gasteiger partial charge on any atom is 0.317 e. The standard InChI is InChI=1S/C11H15NO3S/c1-7(2)10(11(13)14)16-9-6-4-5-8(12-9)15-3/h4-7,10H,1-3H3,(H,13,14). The van der Waals surface area contributed by atoms with Crippen molar-refractivity contribution in [3.05, 3.63) is 18.2 Å². The number of aliphatic carboxylic acids is 1. The maximum atomic E-state index is 11.0. The fourth-order valence-electron chi connectivity index (χ4n) is 1.18. The van der Waals surface area contributed by atoms with Crippen LogP contribution in [0.5, 0.6) is 5.88 Å². The third-order valence-corrected chi connectivity index (χ3v) is 3.47. The Morgan fingerprint density at radius 3 is 2.69 bits per heavy atom. The number of carbonyl (C=O) groups is 1. The van der Waals surface area contributed by atoms with E-state index in [4.69, 9.17) is 9.84 Å². The van der Waals surface area contributed by atoms with Gasteiger partial charge >= 0.3 is 5.97 Å². The van der Waals surface area contributed by atoms with Crippen LogP contribution in [0.25, 0.3) is 0 Å². The van der Waals surface area contributed by atoms with Crippen LogP contribution in [0, 0.1) is 5.92 Å². The highest BCUT2D eigenvalue weighted by molar-refractivity contribution is 8.00. The molecule has 0 aliphatic heterocycles. The zero-order chi connectivity index (χ0) is 12.1. The van der Waals surface area contributed by atoms with E-state index in [9.17, 15) is 4.79 Å². The van der Waals surface area contributed by atoms with Crippen molar-refractivity contribution < 1.29 is 14.6 Å². The maximum absolute atomic E-state index is 11.0. The Morgan fingerprint density at radius 1 is 1.50 bits per heavy atom. The summed E-state index contributed by atoms with van der Waals surface area (Å²) < 4.78 is 4.99. The number of ether oxygens (including phenoxy) is 1. The molecule has 1 aromatic rings. The van der Waals surface area contributed by atoms with E-state index >= 15 is 0 Å². The zero-order valence-electron chi connectivity index (χ0n) is 9.51. The summed E-state index contributed by atoms with van der Waals surface area (Å²) in [5, 5.41) is 9.23. The molecule has 1 rings (SSSR count). The lowest BCUT2D eigenvalue weighted by Gasteiger charge is -2.15. The first-order valence-electron chi connectivity index (χ1n) is 4.95. The molecule has 0 saturated carbocycles. The molecule has 16 heavy (non-hydrogen) atoms. The normalized spacial score (nSPS) is 12.5. The molecular weight excluding hydrogens is 226 g/mol. The summed E-state index contributed by atoms with van der Waals surface area (Å²) in [6.45, 7) is 3.76. The van der Waals surface area contributed by atoms with Gasteiger partial charge in [0.15, 0.2) is 0 Å². The van der Waals surface area contributed by atoms with Gasteiger partial charge in [-0.2, -0.15) is 0 Å². The van der Waals surface area contributed by atoms with Crippen LogP contribution in [-0.2, 0) is 4.79 Å². The fourth-order valence-corrected chi connectivity index (χ4v) is 2.11. The Hall–Kier alpha value is -1.23. The van der Waals surface area contributed by atoms with Crippen molar-refractivity contribution in [2.24, 2.45) is 5.92 Å². The molecule has 1 heterocycles. The Kier molecular flexibility index (Phi) is 4.61. The number of pyridine rings is 1. The number of aromatic nitrogens is 1. The Bertz CT molecular complexity index is 368. The molecule has 0 spiro atoms. The highest BCUT2D eigenvalue weighted by Crippen LogP contribution is 2.27. The van der Waals surface area contributed by atoms with Crippen molar-refractivity contribution in [1.29, 1.82) is 0 Å². The molecule has 1 unspecified atom stereocenters. The lowest BCUT2D eigenvalue weighted by molar-refractivity contribution is -0.137. The summed E-state index contributed by atoms with van der Waals surface area (Å²) in [5.41, 5.74) is 0. The van der Waals surface area contributed by atoms with Crippen LogP contribution in [-0.4, -0.2) is 28.4 Å². The molecule has 0 bridgehead atoms. The van der Waals surface area contributed by atoms with Crippen molar-refractivity contribution in [1.82, 2.24) is 4.98 Å². The first kappa shape index (κ1) is 12.8. The number of nitrogens with zero attached hydrogens (tertiary/aromatic N) is 1. The van der Waals surface area contributed by atoms with Gasteiger partial charge in [0.25, 0.3) is 0 Å². The smallest absolute Gasteiger partial charge is 0.317 e. The number of thioether (sulfide) groups is 1. The third kappa shape index (κ3) is 3.41. The number of carboxylic acid groups (broad SMARTS) is 1. The monoisotopic (exact) mass is 241 g/mol. The SMILES string of the molecule is COc1cccc(SC(C(=O)O)C(C)C)n1. The number of hydrogen-bond donors (Lipinski definition) is 1. The van der Waals surface area contributed by atoms with Crippen LogP contribution < -0.4 is 4.74 Å². The number of rotatable bonds is 5. The number of hydrogen-bond acceptors (Lipinski definition) is 4. The van der Waals surface area contributed by atoms with Gasteiger partial charge in [-0.05, 0) is 12.0 Å². The molecule has 1 atom stereocenters. The van der Waals surface area contributed by atoms with Crippen molar-refractivity contribution in [2.75, 3.05) is 7.11 Å². The number of methoxy groups -OCH3 is 1. The second kappa shape index (κ2) is 5.75. The highest BCUT2D eigenvalue weighted by Gasteiger charge is 2.23. The summed E-state index contributed by atoms with van der Waals surface area (Å²) in [4.78, 5) is 15.2. The van der Waals surface area contributed by atoms with Gasteiger partial charge in [0.2, 0.25) is 5.88 Å². The first-order chi connectivity index (χ1) is 7.54. The summed E-state index contributed by atoms with van der Waals surface area (Å²) in [6.07, 6.45) is 0. The topological polar surface area (TPSA) is 59.4 Å². The van der Waals surface area contributed by atoms with E-state index in [1.807, 2.05) is 13.8 Å². The van der Waals surface area contributed by atoms with Gasteiger partial charge < -0.3 is 9.84 Å². The summed E-state index contributed by atoms with van der Waals surface area (Å²) >= 11 is 1.24. The zero-order valence-corrected chi connectivity index (χ0v) is 10.3. The molecule has 5 heteroatoms. The molecule has 4 nitrogen and oxygen atoms in total. The second-order valence-corrected chi connectivity index (χ2v) is 4.80. The fraction of sp³-hybridized carbons (Fsp3) is 0.455. The molecule has 0 aliphatic rings.